The van der Waals surface area contributed by atoms with E-state index in [2.05, 4.69) is 15.5 Å². The van der Waals surface area contributed by atoms with Crippen LogP contribution in [0.2, 0.25) is 0 Å². The van der Waals surface area contributed by atoms with Gasteiger partial charge < -0.3 is 11.1 Å². The molecule has 1 aromatic heterocycles. The van der Waals surface area contributed by atoms with E-state index < -0.39 is 0 Å². The van der Waals surface area contributed by atoms with Gasteiger partial charge in [-0.25, -0.2) is 0 Å². The van der Waals surface area contributed by atoms with Crippen molar-refractivity contribution in [2.45, 2.75) is 45.6 Å². The number of nitrogens with two attached hydrogens (primary N) is 1. The molecule has 1 heterocycles. The molecule has 4 N–H and O–H groups in total. The Bertz CT molecular complexity index is 413. The summed E-state index contributed by atoms with van der Waals surface area (Å²) in [6.45, 7) is 3.87. The molecule has 1 fully saturated rings. The Morgan fingerprint density at radius 1 is 1.41 bits per heavy atom. The number of aromatic nitrogens is 2. The molecule has 0 aliphatic heterocycles. The number of hydrogen-bond acceptors (Lipinski definition) is 3. The highest BCUT2D eigenvalue weighted by Gasteiger charge is 2.28. The largest absolute Gasteiger partial charge is 0.327 e. The van der Waals surface area contributed by atoms with Gasteiger partial charge in [0.05, 0.1) is 5.92 Å². The Hall–Kier alpha value is -1.36. The highest BCUT2D eigenvalue weighted by Crippen LogP contribution is 2.24. The van der Waals surface area contributed by atoms with E-state index in [1.165, 1.54) is 0 Å². The predicted octanol–water partition coefficient (Wildman–Crippen LogP) is 1.48. The van der Waals surface area contributed by atoms with Crippen LogP contribution in [0.15, 0.2) is 0 Å². The molecule has 0 spiro atoms. The lowest BCUT2D eigenvalue weighted by Crippen LogP contribution is -2.40. The third-order valence-electron chi connectivity index (χ3n) is 3.65. The SMILES string of the molecule is Cc1[nH]nc(NC(=O)C2CCCCC2N)c1C. The molecule has 0 radical (unpaired) electrons. The van der Waals surface area contributed by atoms with Gasteiger partial charge in [-0.15, -0.1) is 0 Å². The molecule has 0 saturated heterocycles. The van der Waals surface area contributed by atoms with E-state index in [9.17, 15) is 4.79 Å². The molecule has 1 aliphatic rings. The van der Waals surface area contributed by atoms with Crippen LogP contribution >= 0.6 is 0 Å². The number of nitrogens with one attached hydrogen (secondary N) is 2. The summed E-state index contributed by atoms with van der Waals surface area (Å²) in [6.07, 6.45) is 4.04. The summed E-state index contributed by atoms with van der Waals surface area (Å²) < 4.78 is 0. The van der Waals surface area contributed by atoms with Gasteiger partial charge in [-0.3, -0.25) is 9.89 Å². The summed E-state index contributed by atoms with van der Waals surface area (Å²) in [5, 5.41) is 9.81. The van der Waals surface area contributed by atoms with E-state index in [1.807, 2.05) is 13.8 Å². The van der Waals surface area contributed by atoms with E-state index >= 15 is 0 Å². The molecule has 1 aliphatic carbocycles. The minimum atomic E-state index is -0.0693. The van der Waals surface area contributed by atoms with Crippen LogP contribution < -0.4 is 11.1 Å². The lowest BCUT2D eigenvalue weighted by atomic mass is 9.84. The quantitative estimate of drug-likeness (QED) is 0.727. The van der Waals surface area contributed by atoms with Gasteiger partial charge in [0.1, 0.15) is 0 Å². The minimum Gasteiger partial charge on any atom is -0.327 e. The zero-order valence-corrected chi connectivity index (χ0v) is 10.4. The molecule has 5 nitrogen and oxygen atoms in total. The predicted molar refractivity (Wildman–Crippen MR) is 66.6 cm³/mol. The lowest BCUT2D eigenvalue weighted by molar-refractivity contribution is -0.121. The van der Waals surface area contributed by atoms with Crippen molar-refractivity contribution in [3.05, 3.63) is 11.3 Å². The summed E-state index contributed by atoms with van der Waals surface area (Å²) >= 11 is 0. The van der Waals surface area contributed by atoms with Crippen LogP contribution in [0.25, 0.3) is 0 Å². The van der Waals surface area contributed by atoms with Crippen molar-refractivity contribution in [1.29, 1.82) is 0 Å². The fourth-order valence-corrected chi connectivity index (χ4v) is 2.30. The highest BCUT2D eigenvalue weighted by molar-refractivity contribution is 5.92. The number of H-pyrrole nitrogens is 1. The molecule has 1 saturated carbocycles. The number of carbonyl (C=O) groups is 1. The molecule has 2 rings (SSSR count). The second kappa shape index (κ2) is 4.87. The molecular formula is C12H20N4O. The van der Waals surface area contributed by atoms with Gasteiger partial charge in [0.25, 0.3) is 0 Å². The zero-order valence-electron chi connectivity index (χ0n) is 10.4. The average Bonchev–Trinajstić information content (AvgIpc) is 2.61. The normalized spacial score (nSPS) is 24.6. The van der Waals surface area contributed by atoms with Gasteiger partial charge in [0.2, 0.25) is 5.91 Å². The number of aromatic amines is 1. The molecule has 2 unspecified atom stereocenters. The van der Waals surface area contributed by atoms with Crippen LogP contribution in [0.5, 0.6) is 0 Å². The molecule has 94 valence electrons. The zero-order chi connectivity index (χ0) is 12.4. The minimum absolute atomic E-state index is 0.00630. The maximum Gasteiger partial charge on any atom is 0.230 e. The number of aryl methyl sites for hydroxylation is 1. The smallest absolute Gasteiger partial charge is 0.230 e. The topological polar surface area (TPSA) is 83.8 Å². The number of carbonyl (C=O) groups excluding carboxylic acids is 1. The van der Waals surface area contributed by atoms with Crippen molar-refractivity contribution in [2.24, 2.45) is 11.7 Å². The summed E-state index contributed by atoms with van der Waals surface area (Å²) in [6, 6.07) is -0.0101. The number of rotatable bonds is 2. The van der Waals surface area contributed by atoms with Crippen LogP contribution in [0.4, 0.5) is 5.82 Å². The first-order chi connectivity index (χ1) is 8.09. The molecular weight excluding hydrogens is 216 g/mol. The molecule has 0 aromatic carbocycles. The molecule has 1 amide bonds. The Kier molecular flexibility index (Phi) is 3.47. The number of amides is 1. The third kappa shape index (κ3) is 2.49. The second-order valence-corrected chi connectivity index (χ2v) is 4.87. The molecule has 1 aromatic rings. The standard InChI is InChI=1S/C12H20N4O/c1-7-8(2)15-16-11(7)14-12(17)9-5-3-4-6-10(9)13/h9-10H,3-6,13H2,1-2H3,(H2,14,15,16,17). The fourth-order valence-electron chi connectivity index (χ4n) is 2.30. The first-order valence-corrected chi connectivity index (χ1v) is 6.17. The van der Waals surface area contributed by atoms with E-state index in [0.29, 0.717) is 5.82 Å². The van der Waals surface area contributed by atoms with Crippen molar-refractivity contribution in [1.82, 2.24) is 10.2 Å². The first kappa shape index (κ1) is 12.1. The molecule has 2 atom stereocenters. The van der Waals surface area contributed by atoms with Gasteiger partial charge in [-0.05, 0) is 26.7 Å². The summed E-state index contributed by atoms with van der Waals surface area (Å²) in [7, 11) is 0. The summed E-state index contributed by atoms with van der Waals surface area (Å²) in [5.41, 5.74) is 7.96. The maximum absolute atomic E-state index is 12.1. The monoisotopic (exact) mass is 236 g/mol. The Morgan fingerprint density at radius 3 is 2.71 bits per heavy atom. The van der Waals surface area contributed by atoms with Gasteiger partial charge in [0.15, 0.2) is 5.82 Å². The summed E-state index contributed by atoms with van der Waals surface area (Å²) in [5.74, 6) is 0.567. The van der Waals surface area contributed by atoms with Crippen molar-refractivity contribution in [2.75, 3.05) is 5.32 Å². The molecule has 0 bridgehead atoms. The van der Waals surface area contributed by atoms with Gasteiger partial charge in [0, 0.05) is 17.3 Å². The van der Waals surface area contributed by atoms with Gasteiger partial charge in [-0.2, -0.15) is 5.10 Å². The Morgan fingerprint density at radius 2 is 2.12 bits per heavy atom. The van der Waals surface area contributed by atoms with E-state index in [1.54, 1.807) is 0 Å². The fraction of sp³-hybridized carbons (Fsp3) is 0.667. The first-order valence-electron chi connectivity index (χ1n) is 6.17. The highest BCUT2D eigenvalue weighted by atomic mass is 16.2. The van der Waals surface area contributed by atoms with Crippen LogP contribution in [0, 0.1) is 19.8 Å². The van der Waals surface area contributed by atoms with Crippen molar-refractivity contribution in [3.63, 3.8) is 0 Å². The van der Waals surface area contributed by atoms with Gasteiger partial charge in [-0.1, -0.05) is 12.8 Å². The number of nitrogens with zero attached hydrogens (tertiary/aromatic N) is 1. The number of anilines is 1. The van der Waals surface area contributed by atoms with Crippen LogP contribution in [0.1, 0.15) is 36.9 Å². The average molecular weight is 236 g/mol. The van der Waals surface area contributed by atoms with Crippen LogP contribution in [0.3, 0.4) is 0 Å². The van der Waals surface area contributed by atoms with E-state index in [-0.39, 0.29) is 17.9 Å². The second-order valence-electron chi connectivity index (χ2n) is 4.87. The van der Waals surface area contributed by atoms with Crippen molar-refractivity contribution in [3.8, 4) is 0 Å². The molecule has 5 heteroatoms. The van der Waals surface area contributed by atoms with Crippen LogP contribution in [-0.4, -0.2) is 22.1 Å². The Labute approximate surface area is 101 Å². The van der Waals surface area contributed by atoms with E-state index in [4.69, 9.17) is 5.73 Å². The van der Waals surface area contributed by atoms with E-state index in [0.717, 1.165) is 36.9 Å². The third-order valence-corrected chi connectivity index (χ3v) is 3.65. The van der Waals surface area contributed by atoms with Crippen molar-refractivity contribution < 1.29 is 4.79 Å². The lowest BCUT2D eigenvalue weighted by Gasteiger charge is -2.27. The number of hydrogen-bond donors (Lipinski definition) is 3. The maximum atomic E-state index is 12.1. The summed E-state index contributed by atoms with van der Waals surface area (Å²) in [4.78, 5) is 12.1. The van der Waals surface area contributed by atoms with Gasteiger partial charge >= 0.3 is 0 Å². The van der Waals surface area contributed by atoms with Crippen LogP contribution in [-0.2, 0) is 4.79 Å². The Balaban J connectivity index is 2.03. The molecule has 17 heavy (non-hydrogen) atoms. The van der Waals surface area contributed by atoms with Crippen molar-refractivity contribution >= 4 is 11.7 Å².